The second-order valence-electron chi connectivity index (χ2n) is 4.11. The van der Waals surface area contributed by atoms with E-state index in [0.717, 1.165) is 36.2 Å². The SMILES string of the molecule is Cc1nn(C2CCCCO2)c2ncncc12. The molecule has 84 valence electrons. The molecule has 3 heterocycles. The van der Waals surface area contributed by atoms with Crippen molar-refractivity contribution in [2.24, 2.45) is 0 Å². The Morgan fingerprint density at radius 1 is 1.44 bits per heavy atom. The Morgan fingerprint density at radius 2 is 2.38 bits per heavy atom. The average Bonchev–Trinajstić information content (AvgIpc) is 2.69. The Kier molecular flexibility index (Phi) is 2.32. The second-order valence-corrected chi connectivity index (χ2v) is 4.11. The predicted octanol–water partition coefficient (Wildman–Crippen LogP) is 1.83. The summed E-state index contributed by atoms with van der Waals surface area (Å²) in [6.45, 7) is 2.79. The van der Waals surface area contributed by atoms with E-state index in [2.05, 4.69) is 15.1 Å². The number of hydrogen-bond acceptors (Lipinski definition) is 4. The van der Waals surface area contributed by atoms with Crippen LogP contribution in [0.15, 0.2) is 12.5 Å². The molecule has 2 aromatic rings. The Bertz CT molecular complexity index is 502. The summed E-state index contributed by atoms with van der Waals surface area (Å²) in [5.41, 5.74) is 1.84. The van der Waals surface area contributed by atoms with Crippen molar-refractivity contribution in [1.82, 2.24) is 19.7 Å². The normalized spacial score (nSPS) is 21.4. The number of rotatable bonds is 1. The van der Waals surface area contributed by atoms with Crippen LogP contribution < -0.4 is 0 Å². The number of aromatic nitrogens is 4. The minimum Gasteiger partial charge on any atom is -0.356 e. The fraction of sp³-hybridized carbons (Fsp3) is 0.545. The van der Waals surface area contributed by atoms with E-state index in [1.165, 1.54) is 6.42 Å². The summed E-state index contributed by atoms with van der Waals surface area (Å²) in [6.07, 6.45) is 6.76. The molecule has 0 amide bonds. The van der Waals surface area contributed by atoms with Crippen molar-refractivity contribution < 1.29 is 4.74 Å². The van der Waals surface area contributed by atoms with Gasteiger partial charge in [-0.3, -0.25) is 0 Å². The number of aryl methyl sites for hydroxylation is 1. The van der Waals surface area contributed by atoms with Gasteiger partial charge in [-0.1, -0.05) is 0 Å². The topological polar surface area (TPSA) is 52.8 Å². The van der Waals surface area contributed by atoms with E-state index in [4.69, 9.17) is 4.74 Å². The lowest BCUT2D eigenvalue weighted by atomic mass is 10.2. The average molecular weight is 218 g/mol. The molecule has 1 aliphatic rings. The van der Waals surface area contributed by atoms with E-state index < -0.39 is 0 Å². The smallest absolute Gasteiger partial charge is 0.164 e. The third kappa shape index (κ3) is 1.48. The van der Waals surface area contributed by atoms with Crippen LogP contribution in [0.5, 0.6) is 0 Å². The molecular formula is C11H14N4O. The maximum Gasteiger partial charge on any atom is 0.164 e. The molecule has 3 rings (SSSR count). The van der Waals surface area contributed by atoms with E-state index in [1.807, 2.05) is 17.8 Å². The van der Waals surface area contributed by atoms with Gasteiger partial charge in [0.05, 0.1) is 11.1 Å². The number of ether oxygens (including phenoxy) is 1. The molecule has 0 spiro atoms. The summed E-state index contributed by atoms with van der Waals surface area (Å²) < 4.78 is 7.62. The maximum absolute atomic E-state index is 5.73. The third-order valence-corrected chi connectivity index (χ3v) is 2.98. The lowest BCUT2D eigenvalue weighted by Crippen LogP contribution is -2.19. The molecule has 1 fully saturated rings. The van der Waals surface area contributed by atoms with Gasteiger partial charge in [0.2, 0.25) is 0 Å². The summed E-state index contributed by atoms with van der Waals surface area (Å²) >= 11 is 0. The quantitative estimate of drug-likeness (QED) is 0.732. The van der Waals surface area contributed by atoms with Crippen LogP contribution in [0, 0.1) is 6.92 Å². The van der Waals surface area contributed by atoms with E-state index in [-0.39, 0.29) is 6.23 Å². The molecule has 0 N–H and O–H groups in total. The van der Waals surface area contributed by atoms with E-state index in [0.29, 0.717) is 0 Å². The minimum atomic E-state index is 0.0415. The summed E-state index contributed by atoms with van der Waals surface area (Å²) in [7, 11) is 0. The standard InChI is InChI=1S/C11H14N4O/c1-8-9-6-12-7-13-11(9)15(14-8)10-4-2-3-5-16-10/h6-7,10H,2-5H2,1H3. The highest BCUT2D eigenvalue weighted by molar-refractivity contribution is 5.76. The Hall–Kier alpha value is -1.49. The first-order valence-electron chi connectivity index (χ1n) is 5.62. The van der Waals surface area contributed by atoms with Gasteiger partial charge in [-0.2, -0.15) is 5.10 Å². The molecule has 2 aromatic heterocycles. The molecule has 5 nitrogen and oxygen atoms in total. The van der Waals surface area contributed by atoms with E-state index in [1.54, 1.807) is 6.33 Å². The number of hydrogen-bond donors (Lipinski definition) is 0. The first-order chi connectivity index (χ1) is 7.86. The fourth-order valence-corrected chi connectivity index (χ4v) is 2.14. The molecule has 16 heavy (non-hydrogen) atoms. The summed E-state index contributed by atoms with van der Waals surface area (Å²) in [5.74, 6) is 0. The van der Waals surface area contributed by atoms with Crippen molar-refractivity contribution in [1.29, 1.82) is 0 Å². The van der Waals surface area contributed by atoms with Gasteiger partial charge in [0.25, 0.3) is 0 Å². The Balaban J connectivity index is 2.08. The highest BCUT2D eigenvalue weighted by Gasteiger charge is 2.20. The van der Waals surface area contributed by atoms with Crippen LogP contribution >= 0.6 is 0 Å². The minimum absolute atomic E-state index is 0.0415. The van der Waals surface area contributed by atoms with Gasteiger partial charge in [0, 0.05) is 12.8 Å². The van der Waals surface area contributed by atoms with Crippen molar-refractivity contribution in [3.63, 3.8) is 0 Å². The van der Waals surface area contributed by atoms with E-state index in [9.17, 15) is 0 Å². The van der Waals surface area contributed by atoms with Crippen LogP contribution in [0.2, 0.25) is 0 Å². The molecule has 0 radical (unpaired) electrons. The van der Waals surface area contributed by atoms with Gasteiger partial charge in [0.15, 0.2) is 11.9 Å². The first kappa shape index (κ1) is 9.72. The van der Waals surface area contributed by atoms with Crippen LogP contribution in [0.25, 0.3) is 11.0 Å². The van der Waals surface area contributed by atoms with Crippen LogP contribution in [-0.4, -0.2) is 26.4 Å². The molecule has 1 unspecified atom stereocenters. The monoisotopic (exact) mass is 218 g/mol. The molecule has 0 saturated carbocycles. The first-order valence-corrected chi connectivity index (χ1v) is 5.62. The zero-order chi connectivity index (χ0) is 11.0. The van der Waals surface area contributed by atoms with Crippen molar-refractivity contribution >= 4 is 11.0 Å². The fourth-order valence-electron chi connectivity index (χ4n) is 2.14. The second kappa shape index (κ2) is 3.83. The number of nitrogens with zero attached hydrogens (tertiary/aromatic N) is 4. The van der Waals surface area contributed by atoms with Crippen molar-refractivity contribution in [2.75, 3.05) is 6.61 Å². The van der Waals surface area contributed by atoms with E-state index >= 15 is 0 Å². The van der Waals surface area contributed by atoms with Gasteiger partial charge in [0.1, 0.15) is 6.33 Å². The molecule has 1 atom stereocenters. The van der Waals surface area contributed by atoms with Crippen LogP contribution in [0.1, 0.15) is 31.2 Å². The maximum atomic E-state index is 5.73. The highest BCUT2D eigenvalue weighted by Crippen LogP contribution is 2.26. The van der Waals surface area contributed by atoms with Crippen molar-refractivity contribution in [2.45, 2.75) is 32.4 Å². The zero-order valence-electron chi connectivity index (χ0n) is 9.26. The molecular weight excluding hydrogens is 204 g/mol. The Labute approximate surface area is 93.5 Å². The molecule has 5 heteroatoms. The highest BCUT2D eigenvalue weighted by atomic mass is 16.5. The van der Waals surface area contributed by atoms with Crippen molar-refractivity contribution in [3.8, 4) is 0 Å². The largest absolute Gasteiger partial charge is 0.356 e. The molecule has 0 aliphatic carbocycles. The van der Waals surface area contributed by atoms with Gasteiger partial charge < -0.3 is 4.74 Å². The predicted molar refractivity (Wildman–Crippen MR) is 58.9 cm³/mol. The van der Waals surface area contributed by atoms with Gasteiger partial charge in [-0.25, -0.2) is 14.6 Å². The summed E-state index contributed by atoms with van der Waals surface area (Å²) in [5, 5.41) is 5.51. The molecule has 1 aliphatic heterocycles. The zero-order valence-corrected chi connectivity index (χ0v) is 9.26. The third-order valence-electron chi connectivity index (χ3n) is 2.98. The molecule has 1 saturated heterocycles. The Morgan fingerprint density at radius 3 is 3.19 bits per heavy atom. The summed E-state index contributed by atoms with van der Waals surface area (Å²) in [6, 6.07) is 0. The van der Waals surface area contributed by atoms with Crippen LogP contribution in [-0.2, 0) is 4.74 Å². The van der Waals surface area contributed by atoms with Crippen LogP contribution in [0.3, 0.4) is 0 Å². The van der Waals surface area contributed by atoms with Gasteiger partial charge in [-0.05, 0) is 26.2 Å². The summed E-state index contributed by atoms with van der Waals surface area (Å²) in [4.78, 5) is 8.31. The number of fused-ring (bicyclic) bond motifs is 1. The van der Waals surface area contributed by atoms with Crippen LogP contribution in [0.4, 0.5) is 0 Å². The van der Waals surface area contributed by atoms with Gasteiger partial charge in [-0.15, -0.1) is 0 Å². The lowest BCUT2D eigenvalue weighted by molar-refractivity contribution is -0.0371. The molecule has 0 aromatic carbocycles. The lowest BCUT2D eigenvalue weighted by Gasteiger charge is -2.22. The van der Waals surface area contributed by atoms with Crippen molar-refractivity contribution in [3.05, 3.63) is 18.2 Å². The molecule has 0 bridgehead atoms. The van der Waals surface area contributed by atoms with Gasteiger partial charge >= 0.3 is 0 Å².